The molecule has 1 aliphatic rings. The number of aromatic amines is 1. The van der Waals surface area contributed by atoms with Crippen LogP contribution in [-0.4, -0.2) is 40.4 Å². The molecule has 0 saturated carbocycles. The maximum absolute atomic E-state index is 13.1. The first kappa shape index (κ1) is 15.6. The van der Waals surface area contributed by atoms with Crippen molar-refractivity contribution >= 4 is 5.91 Å². The molecular weight excluding hydrogens is 312 g/mol. The van der Waals surface area contributed by atoms with Gasteiger partial charge in [0.2, 0.25) is 0 Å². The molecule has 1 aliphatic heterocycles. The predicted octanol–water partition coefficient (Wildman–Crippen LogP) is 2.86. The van der Waals surface area contributed by atoms with Crippen LogP contribution in [0.4, 0.5) is 0 Å². The highest BCUT2D eigenvalue weighted by Gasteiger charge is 2.26. The summed E-state index contributed by atoms with van der Waals surface area (Å²) in [6, 6.07) is 18.1. The van der Waals surface area contributed by atoms with Crippen molar-refractivity contribution in [1.82, 2.24) is 20.2 Å². The van der Waals surface area contributed by atoms with Crippen LogP contribution in [0.2, 0.25) is 0 Å². The number of H-pyrrole nitrogens is 1. The normalized spacial score (nSPS) is 17.4. The number of aromatic nitrogens is 2. The van der Waals surface area contributed by atoms with Crippen molar-refractivity contribution in [2.75, 3.05) is 19.6 Å². The second-order valence-corrected chi connectivity index (χ2v) is 6.15. The molecule has 0 unspecified atom stereocenters. The van der Waals surface area contributed by atoms with E-state index >= 15 is 0 Å². The number of carbonyl (C=O) groups excluding carboxylic acids is 1. The molecule has 126 valence electrons. The van der Waals surface area contributed by atoms with Crippen molar-refractivity contribution in [1.29, 1.82) is 0 Å². The van der Waals surface area contributed by atoms with Gasteiger partial charge in [-0.3, -0.25) is 4.79 Å². The van der Waals surface area contributed by atoms with Crippen LogP contribution in [-0.2, 0) is 0 Å². The highest BCUT2D eigenvalue weighted by atomic mass is 16.2. The Labute approximate surface area is 146 Å². The van der Waals surface area contributed by atoms with Gasteiger partial charge in [0.15, 0.2) is 0 Å². The summed E-state index contributed by atoms with van der Waals surface area (Å²) < 4.78 is 0. The second kappa shape index (κ2) is 6.91. The van der Waals surface area contributed by atoms with E-state index in [1.165, 1.54) is 5.56 Å². The standard InChI is InChI=1S/C20H20N4O/c25-20(17-9-5-4-8-16(17)19-22-10-11-23-19)24-13-12-21-18(14-24)15-6-2-1-3-7-15/h1-11,18,21H,12-14H2,(H,22,23)/t18-/m0/s1. The van der Waals surface area contributed by atoms with E-state index in [4.69, 9.17) is 0 Å². The zero-order valence-corrected chi connectivity index (χ0v) is 13.9. The molecule has 2 heterocycles. The van der Waals surface area contributed by atoms with E-state index in [0.717, 1.165) is 17.9 Å². The maximum atomic E-state index is 13.1. The zero-order valence-electron chi connectivity index (χ0n) is 13.9. The third-order valence-electron chi connectivity index (χ3n) is 4.58. The number of rotatable bonds is 3. The minimum atomic E-state index is 0.0504. The number of imidazole rings is 1. The van der Waals surface area contributed by atoms with Gasteiger partial charge in [0.25, 0.3) is 5.91 Å². The molecule has 3 aromatic rings. The lowest BCUT2D eigenvalue weighted by Gasteiger charge is -2.34. The fourth-order valence-corrected chi connectivity index (χ4v) is 3.30. The molecular formula is C20H20N4O. The molecule has 0 bridgehead atoms. The quantitative estimate of drug-likeness (QED) is 0.775. The molecule has 4 rings (SSSR count). The number of carbonyl (C=O) groups is 1. The number of benzene rings is 2. The number of piperazine rings is 1. The van der Waals surface area contributed by atoms with Gasteiger partial charge in [-0.1, -0.05) is 48.5 Å². The van der Waals surface area contributed by atoms with Gasteiger partial charge in [-0.25, -0.2) is 4.98 Å². The highest BCUT2D eigenvalue weighted by Crippen LogP contribution is 2.24. The Kier molecular flexibility index (Phi) is 4.31. The number of nitrogens with one attached hydrogen (secondary N) is 2. The van der Waals surface area contributed by atoms with E-state index in [2.05, 4.69) is 27.4 Å². The van der Waals surface area contributed by atoms with Crippen LogP contribution < -0.4 is 5.32 Å². The summed E-state index contributed by atoms with van der Waals surface area (Å²) in [6.45, 7) is 2.15. The van der Waals surface area contributed by atoms with Crippen molar-refractivity contribution in [3.05, 3.63) is 78.1 Å². The molecule has 1 saturated heterocycles. The Balaban J connectivity index is 1.59. The van der Waals surface area contributed by atoms with Crippen LogP contribution in [0.3, 0.4) is 0 Å². The van der Waals surface area contributed by atoms with Crippen LogP contribution >= 0.6 is 0 Å². The summed E-state index contributed by atoms with van der Waals surface area (Å²) in [5.41, 5.74) is 2.73. The Bertz CT molecular complexity index is 845. The van der Waals surface area contributed by atoms with Crippen LogP contribution in [0.25, 0.3) is 11.4 Å². The molecule has 0 radical (unpaired) electrons. The van der Waals surface area contributed by atoms with Crippen LogP contribution in [0.5, 0.6) is 0 Å². The predicted molar refractivity (Wildman–Crippen MR) is 97.1 cm³/mol. The summed E-state index contributed by atoms with van der Waals surface area (Å²) in [5, 5.41) is 3.50. The van der Waals surface area contributed by atoms with E-state index < -0.39 is 0 Å². The van der Waals surface area contributed by atoms with Gasteiger partial charge in [0, 0.05) is 43.6 Å². The van der Waals surface area contributed by atoms with Crippen LogP contribution in [0, 0.1) is 0 Å². The van der Waals surface area contributed by atoms with Crippen LogP contribution in [0.1, 0.15) is 22.0 Å². The maximum Gasteiger partial charge on any atom is 0.254 e. The SMILES string of the molecule is O=C(c1ccccc1-c1ncc[nH]1)N1CCN[C@H](c2ccccc2)C1. The first-order chi connectivity index (χ1) is 12.3. The van der Waals surface area contributed by atoms with Gasteiger partial charge in [-0.15, -0.1) is 0 Å². The Morgan fingerprint density at radius 2 is 1.88 bits per heavy atom. The minimum absolute atomic E-state index is 0.0504. The lowest BCUT2D eigenvalue weighted by Crippen LogP contribution is -2.48. The third-order valence-corrected chi connectivity index (χ3v) is 4.58. The minimum Gasteiger partial charge on any atom is -0.345 e. The van der Waals surface area contributed by atoms with Crippen molar-refractivity contribution in [3.63, 3.8) is 0 Å². The fourth-order valence-electron chi connectivity index (χ4n) is 3.30. The fraction of sp³-hybridized carbons (Fsp3) is 0.200. The highest BCUT2D eigenvalue weighted by molar-refractivity contribution is 6.00. The molecule has 1 aromatic heterocycles. The summed E-state index contributed by atoms with van der Waals surface area (Å²) in [4.78, 5) is 22.5. The molecule has 5 nitrogen and oxygen atoms in total. The van der Waals surface area contributed by atoms with Gasteiger partial charge in [0.1, 0.15) is 5.82 Å². The molecule has 1 atom stereocenters. The lowest BCUT2D eigenvalue weighted by molar-refractivity contribution is 0.0703. The van der Waals surface area contributed by atoms with Gasteiger partial charge in [-0.05, 0) is 11.6 Å². The largest absolute Gasteiger partial charge is 0.345 e. The molecule has 1 fully saturated rings. The van der Waals surface area contributed by atoms with Crippen LogP contribution in [0.15, 0.2) is 67.0 Å². The van der Waals surface area contributed by atoms with E-state index in [1.54, 1.807) is 12.4 Å². The van der Waals surface area contributed by atoms with Crippen molar-refractivity contribution in [2.24, 2.45) is 0 Å². The molecule has 25 heavy (non-hydrogen) atoms. The van der Waals surface area contributed by atoms with Crippen molar-refractivity contribution in [2.45, 2.75) is 6.04 Å². The number of hydrogen-bond donors (Lipinski definition) is 2. The zero-order chi connectivity index (χ0) is 17.1. The summed E-state index contributed by atoms with van der Waals surface area (Å²) in [6.07, 6.45) is 3.47. The molecule has 0 spiro atoms. The van der Waals surface area contributed by atoms with Crippen molar-refractivity contribution < 1.29 is 4.79 Å². The van der Waals surface area contributed by atoms with Gasteiger partial charge in [0.05, 0.1) is 5.56 Å². The lowest BCUT2D eigenvalue weighted by atomic mass is 10.0. The van der Waals surface area contributed by atoms with Gasteiger partial charge < -0.3 is 15.2 Å². The second-order valence-electron chi connectivity index (χ2n) is 6.15. The molecule has 1 amide bonds. The van der Waals surface area contributed by atoms with E-state index in [-0.39, 0.29) is 11.9 Å². The van der Waals surface area contributed by atoms with E-state index in [1.807, 2.05) is 47.4 Å². The average Bonchev–Trinajstić information content (AvgIpc) is 3.23. The molecule has 5 heteroatoms. The number of hydrogen-bond acceptors (Lipinski definition) is 3. The monoisotopic (exact) mass is 332 g/mol. The molecule has 2 N–H and O–H groups in total. The third kappa shape index (κ3) is 3.19. The van der Waals surface area contributed by atoms with E-state index in [9.17, 15) is 4.79 Å². The van der Waals surface area contributed by atoms with E-state index in [0.29, 0.717) is 18.7 Å². The summed E-state index contributed by atoms with van der Waals surface area (Å²) in [7, 11) is 0. The molecule has 0 aliphatic carbocycles. The Morgan fingerprint density at radius 3 is 2.68 bits per heavy atom. The number of nitrogens with zero attached hydrogens (tertiary/aromatic N) is 2. The average molecular weight is 332 g/mol. The first-order valence-corrected chi connectivity index (χ1v) is 8.49. The Hall–Kier alpha value is -2.92. The topological polar surface area (TPSA) is 61.0 Å². The smallest absolute Gasteiger partial charge is 0.254 e. The number of amides is 1. The first-order valence-electron chi connectivity index (χ1n) is 8.49. The Morgan fingerprint density at radius 1 is 1.08 bits per heavy atom. The summed E-state index contributed by atoms with van der Waals surface area (Å²) in [5.74, 6) is 0.771. The van der Waals surface area contributed by atoms with Gasteiger partial charge >= 0.3 is 0 Å². The summed E-state index contributed by atoms with van der Waals surface area (Å²) >= 11 is 0. The molecule has 2 aromatic carbocycles. The van der Waals surface area contributed by atoms with Crippen molar-refractivity contribution in [3.8, 4) is 11.4 Å². The van der Waals surface area contributed by atoms with Gasteiger partial charge in [-0.2, -0.15) is 0 Å².